The summed E-state index contributed by atoms with van der Waals surface area (Å²) in [6.45, 7) is 4.08. The van der Waals surface area contributed by atoms with E-state index in [2.05, 4.69) is 5.32 Å². The van der Waals surface area contributed by atoms with Gasteiger partial charge in [0.05, 0.1) is 0 Å². The number of nitrogens with zero attached hydrogens (tertiary/aromatic N) is 1. The van der Waals surface area contributed by atoms with Crippen LogP contribution < -0.4 is 10.1 Å². The molecule has 6 heteroatoms. The van der Waals surface area contributed by atoms with Crippen LogP contribution in [0.5, 0.6) is 5.75 Å². The van der Waals surface area contributed by atoms with Gasteiger partial charge in [-0.25, -0.2) is 0 Å². The quantitative estimate of drug-likeness (QED) is 0.327. The second-order valence-electron chi connectivity index (χ2n) is 10.3. The van der Waals surface area contributed by atoms with Crippen molar-refractivity contribution in [3.05, 3.63) is 100 Å². The van der Waals surface area contributed by atoms with E-state index in [1.54, 1.807) is 17.0 Å². The average Bonchev–Trinajstić information content (AvgIpc) is 2.93. The minimum absolute atomic E-state index is 0.116. The van der Waals surface area contributed by atoms with Gasteiger partial charge in [-0.05, 0) is 67.1 Å². The van der Waals surface area contributed by atoms with Gasteiger partial charge < -0.3 is 15.0 Å². The van der Waals surface area contributed by atoms with Crippen LogP contribution in [0.1, 0.15) is 54.4 Å². The van der Waals surface area contributed by atoms with E-state index in [-0.39, 0.29) is 31.0 Å². The van der Waals surface area contributed by atoms with Gasteiger partial charge >= 0.3 is 0 Å². The fourth-order valence-electron chi connectivity index (χ4n) is 4.97. The summed E-state index contributed by atoms with van der Waals surface area (Å²) < 4.78 is 6.00. The smallest absolute Gasteiger partial charge is 0.261 e. The third-order valence-electron chi connectivity index (χ3n) is 7.18. The molecule has 1 unspecified atom stereocenters. The molecule has 38 heavy (non-hydrogen) atoms. The molecule has 2 amide bonds. The molecule has 0 aliphatic heterocycles. The summed E-state index contributed by atoms with van der Waals surface area (Å²) in [4.78, 5) is 29.3. The Morgan fingerprint density at radius 3 is 2.37 bits per heavy atom. The van der Waals surface area contributed by atoms with Gasteiger partial charge in [-0.3, -0.25) is 9.59 Å². The number of hydrogen-bond acceptors (Lipinski definition) is 3. The maximum absolute atomic E-state index is 13.8. The first-order valence-corrected chi connectivity index (χ1v) is 13.8. The van der Waals surface area contributed by atoms with Crippen LogP contribution in [0.4, 0.5) is 0 Å². The van der Waals surface area contributed by atoms with E-state index in [0.29, 0.717) is 17.2 Å². The molecule has 1 N–H and O–H groups in total. The Morgan fingerprint density at radius 2 is 1.66 bits per heavy atom. The zero-order valence-corrected chi connectivity index (χ0v) is 23.0. The molecule has 1 saturated carbocycles. The van der Waals surface area contributed by atoms with Crippen molar-refractivity contribution in [2.45, 2.75) is 71.0 Å². The molecular formula is C32H37ClN2O3. The zero-order valence-electron chi connectivity index (χ0n) is 22.3. The lowest BCUT2D eigenvalue weighted by Gasteiger charge is -2.33. The van der Waals surface area contributed by atoms with Gasteiger partial charge in [0.15, 0.2) is 6.61 Å². The van der Waals surface area contributed by atoms with Crippen LogP contribution >= 0.6 is 11.6 Å². The number of carbonyl (C=O) groups is 2. The van der Waals surface area contributed by atoms with Crippen molar-refractivity contribution in [3.63, 3.8) is 0 Å². The van der Waals surface area contributed by atoms with Gasteiger partial charge in [-0.2, -0.15) is 0 Å². The number of hydrogen-bond donors (Lipinski definition) is 1. The molecule has 0 spiro atoms. The summed E-state index contributed by atoms with van der Waals surface area (Å²) in [5.74, 6) is 0.325. The first-order chi connectivity index (χ1) is 18.4. The lowest BCUT2D eigenvalue weighted by atomic mass is 9.94. The van der Waals surface area contributed by atoms with Crippen molar-refractivity contribution in [2.75, 3.05) is 6.61 Å². The Labute approximate surface area is 231 Å². The second kappa shape index (κ2) is 13.5. The highest BCUT2D eigenvalue weighted by Crippen LogP contribution is 2.22. The van der Waals surface area contributed by atoms with E-state index in [9.17, 15) is 9.59 Å². The van der Waals surface area contributed by atoms with E-state index in [1.807, 2.05) is 74.5 Å². The Hall–Kier alpha value is -3.31. The molecule has 1 aliphatic rings. The van der Waals surface area contributed by atoms with Crippen molar-refractivity contribution in [1.29, 1.82) is 0 Å². The molecule has 3 aromatic rings. The molecule has 0 aromatic heterocycles. The van der Waals surface area contributed by atoms with Crippen molar-refractivity contribution in [3.8, 4) is 5.75 Å². The Morgan fingerprint density at radius 1 is 0.947 bits per heavy atom. The summed E-state index contributed by atoms with van der Waals surface area (Å²) in [6.07, 6.45) is 5.81. The van der Waals surface area contributed by atoms with Crippen LogP contribution in [0, 0.1) is 13.8 Å². The normalized spacial score (nSPS) is 14.5. The van der Waals surface area contributed by atoms with E-state index in [0.717, 1.165) is 47.9 Å². The zero-order chi connectivity index (χ0) is 26.9. The first kappa shape index (κ1) is 27.7. The van der Waals surface area contributed by atoms with Crippen LogP contribution in [-0.4, -0.2) is 35.4 Å². The first-order valence-electron chi connectivity index (χ1n) is 13.5. The Bertz CT molecular complexity index is 1210. The van der Waals surface area contributed by atoms with Crippen LogP contribution in [0.15, 0.2) is 72.8 Å². The fourth-order valence-corrected chi connectivity index (χ4v) is 5.10. The highest BCUT2D eigenvalue weighted by atomic mass is 35.5. The molecule has 5 nitrogen and oxygen atoms in total. The molecule has 4 rings (SSSR count). The van der Waals surface area contributed by atoms with Gasteiger partial charge in [0, 0.05) is 24.0 Å². The van der Waals surface area contributed by atoms with Gasteiger partial charge in [0.1, 0.15) is 11.8 Å². The molecule has 1 fully saturated rings. The monoisotopic (exact) mass is 532 g/mol. The predicted molar refractivity (Wildman–Crippen MR) is 152 cm³/mol. The molecular weight excluding hydrogens is 496 g/mol. The lowest BCUT2D eigenvalue weighted by molar-refractivity contribution is -0.143. The van der Waals surface area contributed by atoms with Gasteiger partial charge in [-0.1, -0.05) is 85.5 Å². The minimum atomic E-state index is -0.676. The third kappa shape index (κ3) is 7.84. The highest BCUT2D eigenvalue weighted by Gasteiger charge is 2.32. The summed E-state index contributed by atoms with van der Waals surface area (Å²) in [5, 5.41) is 3.89. The maximum atomic E-state index is 13.8. The van der Waals surface area contributed by atoms with E-state index in [1.165, 1.54) is 6.42 Å². The Kier molecular flexibility index (Phi) is 9.83. The van der Waals surface area contributed by atoms with E-state index >= 15 is 0 Å². The largest absolute Gasteiger partial charge is 0.483 e. The summed E-state index contributed by atoms with van der Waals surface area (Å²) >= 11 is 6.12. The molecule has 0 saturated heterocycles. The fraction of sp³-hybridized carbons (Fsp3) is 0.375. The highest BCUT2D eigenvalue weighted by molar-refractivity contribution is 6.30. The molecule has 0 bridgehead atoms. The summed E-state index contributed by atoms with van der Waals surface area (Å²) in [6, 6.07) is 22.7. The van der Waals surface area contributed by atoms with Crippen LogP contribution in [-0.2, 0) is 22.6 Å². The van der Waals surface area contributed by atoms with Crippen molar-refractivity contribution in [1.82, 2.24) is 10.2 Å². The van der Waals surface area contributed by atoms with Crippen molar-refractivity contribution < 1.29 is 14.3 Å². The Balaban J connectivity index is 1.62. The van der Waals surface area contributed by atoms with E-state index < -0.39 is 6.04 Å². The van der Waals surface area contributed by atoms with Crippen LogP contribution in [0.25, 0.3) is 0 Å². The SMILES string of the molecule is Cc1ccc(C)c(OCC(=O)N(Cc2ccc(Cl)cc2)C(Cc2ccccc2)C(=O)NC2CCCCC2)c1. The lowest BCUT2D eigenvalue weighted by Crippen LogP contribution is -2.53. The number of aryl methyl sites for hydroxylation is 2. The number of carbonyl (C=O) groups excluding carboxylic acids is 2. The summed E-state index contributed by atoms with van der Waals surface area (Å²) in [7, 11) is 0. The molecule has 0 heterocycles. The third-order valence-corrected chi connectivity index (χ3v) is 7.44. The molecule has 1 aliphatic carbocycles. The van der Waals surface area contributed by atoms with Gasteiger partial charge in [0.2, 0.25) is 5.91 Å². The molecule has 0 radical (unpaired) electrons. The van der Waals surface area contributed by atoms with E-state index in [4.69, 9.17) is 16.3 Å². The summed E-state index contributed by atoms with van der Waals surface area (Å²) in [5.41, 5.74) is 3.92. The van der Waals surface area contributed by atoms with Gasteiger partial charge in [0.25, 0.3) is 5.91 Å². The number of halogens is 1. The maximum Gasteiger partial charge on any atom is 0.261 e. The van der Waals surface area contributed by atoms with Crippen LogP contribution in [0.3, 0.4) is 0 Å². The number of benzene rings is 3. The predicted octanol–water partition coefficient (Wildman–Crippen LogP) is 6.42. The molecule has 3 aromatic carbocycles. The number of nitrogens with one attached hydrogen (secondary N) is 1. The average molecular weight is 533 g/mol. The second-order valence-corrected chi connectivity index (χ2v) is 10.7. The topological polar surface area (TPSA) is 58.6 Å². The number of amides is 2. The number of ether oxygens (including phenoxy) is 1. The molecule has 1 atom stereocenters. The minimum Gasteiger partial charge on any atom is -0.483 e. The van der Waals surface area contributed by atoms with Gasteiger partial charge in [-0.15, -0.1) is 0 Å². The van der Waals surface area contributed by atoms with Crippen molar-refractivity contribution >= 4 is 23.4 Å². The van der Waals surface area contributed by atoms with Crippen LogP contribution in [0.2, 0.25) is 5.02 Å². The standard InChI is InChI=1S/C32H37ClN2O3/c1-23-13-14-24(2)30(19-23)38-22-31(36)35(21-26-15-17-27(33)18-16-26)29(20-25-9-5-3-6-10-25)32(37)34-28-11-7-4-8-12-28/h3,5-6,9-10,13-19,28-29H,4,7-8,11-12,20-22H2,1-2H3,(H,34,37). The number of rotatable bonds is 10. The molecule has 200 valence electrons. The van der Waals surface area contributed by atoms with Crippen molar-refractivity contribution in [2.24, 2.45) is 0 Å².